The molecule has 0 radical (unpaired) electrons. The number of rotatable bonds is 14. The molecule has 1 N–H and O–H groups in total. The number of sulfone groups is 1. The number of hydrogen-bond acceptors (Lipinski definition) is 9. The molecule has 0 spiro atoms. The lowest BCUT2D eigenvalue weighted by Crippen LogP contribution is -2.48. The molecule has 11 heteroatoms. The largest absolute Gasteiger partial charge is 0.497 e. The zero-order valence-corrected chi connectivity index (χ0v) is 29.6. The molecule has 1 saturated heterocycles. The maximum absolute atomic E-state index is 14.6. The van der Waals surface area contributed by atoms with Gasteiger partial charge in [0.25, 0.3) is 0 Å². The minimum atomic E-state index is -3.97. The molecule has 0 saturated carbocycles. The van der Waals surface area contributed by atoms with Crippen molar-refractivity contribution in [1.82, 2.24) is 15.1 Å². The van der Waals surface area contributed by atoms with Crippen LogP contribution in [0.2, 0.25) is 0 Å². The van der Waals surface area contributed by atoms with E-state index in [4.69, 9.17) is 18.9 Å². The zero-order chi connectivity index (χ0) is 34.4. The molecular weight excluding hydrogens is 641 g/mol. The predicted octanol–water partition coefficient (Wildman–Crippen LogP) is 6.09. The quantitative estimate of drug-likeness (QED) is 0.158. The van der Waals surface area contributed by atoms with Gasteiger partial charge in [0.15, 0.2) is 5.44 Å². The van der Waals surface area contributed by atoms with Crippen LogP contribution in [-0.4, -0.2) is 77.4 Å². The number of methoxy groups -OCH3 is 2. The highest BCUT2D eigenvalue weighted by Gasteiger charge is 2.39. The molecule has 6 rings (SSSR count). The summed E-state index contributed by atoms with van der Waals surface area (Å²) >= 11 is 0. The van der Waals surface area contributed by atoms with Crippen molar-refractivity contribution in [2.24, 2.45) is 0 Å². The number of nitrogens with one attached hydrogen (secondary N) is 1. The summed E-state index contributed by atoms with van der Waals surface area (Å²) in [6.07, 6.45) is 5.85. The molecule has 10 nitrogen and oxygen atoms in total. The molecule has 0 aliphatic carbocycles. The number of nitrogens with zero attached hydrogens (tertiary/aromatic N) is 3. The van der Waals surface area contributed by atoms with Crippen LogP contribution in [0.15, 0.2) is 90.1 Å². The third kappa shape index (κ3) is 8.12. The number of anilines is 1. The summed E-state index contributed by atoms with van der Waals surface area (Å²) in [5.41, 5.74) is 2.27. The maximum atomic E-state index is 14.6. The van der Waals surface area contributed by atoms with E-state index in [9.17, 15) is 8.42 Å². The zero-order valence-electron chi connectivity index (χ0n) is 28.8. The Morgan fingerprint density at radius 1 is 1.06 bits per heavy atom. The van der Waals surface area contributed by atoms with E-state index in [2.05, 4.69) is 34.4 Å². The van der Waals surface area contributed by atoms with Gasteiger partial charge in [-0.25, -0.2) is 8.42 Å². The second-order valence-electron chi connectivity index (χ2n) is 13.1. The summed E-state index contributed by atoms with van der Waals surface area (Å²) in [6, 6.07) is 23.0. The van der Waals surface area contributed by atoms with Gasteiger partial charge in [-0.1, -0.05) is 35.9 Å². The van der Waals surface area contributed by atoms with Gasteiger partial charge in [0, 0.05) is 51.2 Å². The summed E-state index contributed by atoms with van der Waals surface area (Å²) in [4.78, 5) is 2.47. The van der Waals surface area contributed by atoms with Gasteiger partial charge in [-0.15, -0.1) is 0 Å². The van der Waals surface area contributed by atoms with E-state index in [1.807, 2.05) is 66.3 Å². The molecule has 262 valence electrons. The van der Waals surface area contributed by atoms with E-state index < -0.39 is 21.4 Å². The van der Waals surface area contributed by atoms with Crippen molar-refractivity contribution in [2.45, 2.75) is 67.5 Å². The molecule has 49 heavy (non-hydrogen) atoms. The van der Waals surface area contributed by atoms with Gasteiger partial charge < -0.3 is 29.2 Å². The first-order valence-corrected chi connectivity index (χ1v) is 18.6. The van der Waals surface area contributed by atoms with E-state index in [0.29, 0.717) is 31.9 Å². The number of aromatic nitrogens is 2. The number of benzene rings is 3. The van der Waals surface area contributed by atoms with Gasteiger partial charge in [-0.05, 0) is 86.7 Å². The van der Waals surface area contributed by atoms with Crippen LogP contribution in [0.5, 0.6) is 11.5 Å². The highest BCUT2D eigenvalue weighted by atomic mass is 32.2. The number of aryl methyl sites for hydroxylation is 1. The summed E-state index contributed by atoms with van der Waals surface area (Å²) in [5, 5.41) is 8.15. The normalized spacial score (nSPS) is 20.7. The second kappa shape index (κ2) is 15.8. The van der Waals surface area contributed by atoms with E-state index in [1.165, 1.54) is 0 Å². The van der Waals surface area contributed by atoms with Crippen molar-refractivity contribution in [2.75, 3.05) is 52.0 Å². The number of piperidine rings is 1. The highest BCUT2D eigenvalue weighted by Crippen LogP contribution is 2.42. The summed E-state index contributed by atoms with van der Waals surface area (Å²) in [5.74, 6) is 1.44. The molecular formula is C38H48N4O6S. The van der Waals surface area contributed by atoms with Gasteiger partial charge in [-0.3, -0.25) is 4.68 Å². The Morgan fingerprint density at radius 3 is 2.57 bits per heavy atom. The highest BCUT2D eigenvalue weighted by molar-refractivity contribution is 7.91. The lowest BCUT2D eigenvalue weighted by molar-refractivity contribution is -0.00755. The molecule has 2 aliphatic heterocycles. The second-order valence-corrected chi connectivity index (χ2v) is 15.1. The van der Waals surface area contributed by atoms with Crippen molar-refractivity contribution in [1.29, 1.82) is 0 Å². The van der Waals surface area contributed by atoms with Gasteiger partial charge in [0.1, 0.15) is 18.1 Å². The van der Waals surface area contributed by atoms with Crippen LogP contribution in [-0.2, 0) is 19.3 Å². The fourth-order valence-electron chi connectivity index (χ4n) is 6.96. The first kappa shape index (κ1) is 34.9. The van der Waals surface area contributed by atoms with Gasteiger partial charge in [-0.2, -0.15) is 5.10 Å². The molecule has 2 aliphatic rings. The molecule has 4 aromatic rings. The van der Waals surface area contributed by atoms with Crippen molar-refractivity contribution in [3.05, 3.63) is 102 Å². The standard InChI is InChI=1S/C38H48N4O6S/c1-27-7-14-33(15-8-27)49(43,44)38(30-11-16-36-35(24-30)41(20-22-47-36)18-6-21-45-3)48-37-26-39-31(23-28(2)42-19-5-17-40-42)25-34(37)29-9-12-32(46-4)13-10-29/h5,7-17,19,24,28,31,34,37-39H,6,18,20-23,25-26H2,1-4H3/t28?,31-,34+,37-,38?/m0/s1. The first-order valence-electron chi connectivity index (χ1n) is 17.1. The minimum Gasteiger partial charge on any atom is -0.497 e. The van der Waals surface area contributed by atoms with Crippen LogP contribution in [0.25, 0.3) is 0 Å². The Morgan fingerprint density at radius 2 is 1.86 bits per heavy atom. The molecule has 3 aromatic carbocycles. The Hall–Kier alpha value is -3.90. The summed E-state index contributed by atoms with van der Waals surface area (Å²) in [7, 11) is -0.622. The third-order valence-electron chi connectivity index (χ3n) is 9.66. The van der Waals surface area contributed by atoms with Crippen LogP contribution < -0.4 is 19.7 Å². The molecule has 2 unspecified atom stereocenters. The smallest absolute Gasteiger partial charge is 0.209 e. The maximum Gasteiger partial charge on any atom is 0.209 e. The number of fused-ring (bicyclic) bond motifs is 1. The van der Waals surface area contributed by atoms with E-state index in [0.717, 1.165) is 54.1 Å². The van der Waals surface area contributed by atoms with Crippen LogP contribution >= 0.6 is 0 Å². The Balaban J connectivity index is 1.35. The lowest BCUT2D eigenvalue weighted by atomic mass is 9.82. The van der Waals surface area contributed by atoms with Crippen LogP contribution in [0, 0.1) is 6.92 Å². The summed E-state index contributed by atoms with van der Waals surface area (Å²) < 4.78 is 54.9. The molecule has 1 fully saturated rings. The number of ether oxygens (including phenoxy) is 4. The third-order valence-corrected chi connectivity index (χ3v) is 11.5. The van der Waals surface area contributed by atoms with Gasteiger partial charge in [0.05, 0.1) is 36.4 Å². The summed E-state index contributed by atoms with van der Waals surface area (Å²) in [6.45, 7) is 7.30. The monoisotopic (exact) mass is 688 g/mol. The predicted molar refractivity (Wildman–Crippen MR) is 190 cm³/mol. The van der Waals surface area contributed by atoms with Crippen LogP contribution in [0.4, 0.5) is 5.69 Å². The molecule has 0 amide bonds. The Labute approximate surface area is 290 Å². The first-order chi connectivity index (χ1) is 23.8. The van der Waals surface area contributed by atoms with Crippen LogP contribution in [0.1, 0.15) is 60.3 Å². The van der Waals surface area contributed by atoms with Crippen molar-refractivity contribution in [3.63, 3.8) is 0 Å². The average Bonchev–Trinajstić information content (AvgIpc) is 3.67. The van der Waals surface area contributed by atoms with E-state index in [-0.39, 0.29) is 22.9 Å². The van der Waals surface area contributed by atoms with Crippen molar-refractivity contribution < 1.29 is 27.4 Å². The Kier molecular flexibility index (Phi) is 11.2. The van der Waals surface area contributed by atoms with E-state index >= 15 is 0 Å². The fourth-order valence-corrected chi connectivity index (χ4v) is 8.52. The van der Waals surface area contributed by atoms with E-state index in [1.54, 1.807) is 32.5 Å². The van der Waals surface area contributed by atoms with Crippen molar-refractivity contribution >= 4 is 15.5 Å². The molecule has 3 heterocycles. The minimum absolute atomic E-state index is 0.0656. The van der Waals surface area contributed by atoms with Gasteiger partial charge >= 0.3 is 0 Å². The lowest BCUT2D eigenvalue weighted by Gasteiger charge is -2.40. The number of hydrogen-bond donors (Lipinski definition) is 1. The van der Waals surface area contributed by atoms with Crippen LogP contribution in [0.3, 0.4) is 0 Å². The fraction of sp³-hybridized carbons (Fsp3) is 0.447. The molecule has 5 atom stereocenters. The molecule has 0 bridgehead atoms. The average molecular weight is 689 g/mol. The molecule has 1 aromatic heterocycles. The Bertz CT molecular complexity index is 1750. The topological polar surface area (TPSA) is 104 Å². The SMILES string of the molecule is COCCCN1CCOc2ccc(C(O[C@H]3CN[C@@H](CC(C)n4cccn4)C[C@@H]3c3ccc(OC)cc3)S(=O)(=O)c3ccc(C)cc3)cc21. The van der Waals surface area contributed by atoms with Gasteiger partial charge in [0.2, 0.25) is 9.84 Å². The van der Waals surface area contributed by atoms with Crippen molar-refractivity contribution in [3.8, 4) is 11.5 Å².